The van der Waals surface area contributed by atoms with Crippen molar-refractivity contribution < 1.29 is 65.7 Å². The van der Waals surface area contributed by atoms with Gasteiger partial charge in [-0.05, 0) is 19.1 Å². The Morgan fingerprint density at radius 1 is 0.829 bits per heavy atom. The van der Waals surface area contributed by atoms with Gasteiger partial charge in [0.15, 0.2) is 23.0 Å². The fraction of sp³-hybridized carbons (Fsp3) is 0.286. The Kier molecular flexibility index (Phi) is 7.71. The number of ether oxygens (including phenoxy) is 2. The van der Waals surface area contributed by atoms with Crippen LogP contribution in [0.25, 0.3) is 22.3 Å². The normalized spacial score (nSPS) is 23.8. The predicted molar refractivity (Wildman–Crippen MR) is 116 cm³/mol. The van der Waals surface area contributed by atoms with Crippen LogP contribution in [0.5, 0.6) is 34.5 Å². The van der Waals surface area contributed by atoms with Crippen molar-refractivity contribution in [3.63, 3.8) is 0 Å². The number of phenols is 5. The summed E-state index contributed by atoms with van der Waals surface area (Å²) < 4.78 is 16.5. The molecule has 0 aliphatic carbocycles. The lowest BCUT2D eigenvalue weighted by Crippen LogP contribution is -2.58. The van der Waals surface area contributed by atoms with E-state index in [9.17, 15) is 45.6 Å². The number of hydrogen-bond acceptors (Lipinski definition) is 12. The molecule has 0 spiro atoms. The predicted octanol–water partition coefficient (Wildman–Crippen LogP) is -1.46. The molecule has 0 saturated carbocycles. The van der Waals surface area contributed by atoms with E-state index in [1.54, 1.807) is 0 Å². The van der Waals surface area contributed by atoms with Gasteiger partial charge in [0.05, 0.1) is 6.10 Å². The molecular weight excluding hydrogens is 476 g/mol. The molecule has 12 N–H and O–H groups in total. The Morgan fingerprint density at radius 3 is 2.03 bits per heavy atom. The van der Waals surface area contributed by atoms with E-state index < -0.39 is 81.8 Å². The molecule has 1 aliphatic rings. The van der Waals surface area contributed by atoms with Crippen molar-refractivity contribution >= 4 is 11.0 Å². The first kappa shape index (κ1) is 27.5. The smallest absolute Gasteiger partial charge is 0.239 e. The van der Waals surface area contributed by atoms with Gasteiger partial charge < -0.3 is 65.7 Å². The maximum atomic E-state index is 13.2. The average molecular weight is 500 g/mol. The second-order valence-corrected chi connectivity index (χ2v) is 7.59. The van der Waals surface area contributed by atoms with Crippen LogP contribution in [0.2, 0.25) is 0 Å². The summed E-state index contributed by atoms with van der Waals surface area (Å²) in [4.78, 5) is 13.2. The summed E-state index contributed by atoms with van der Waals surface area (Å²) >= 11 is 0. The lowest BCUT2D eigenvalue weighted by Gasteiger charge is -2.38. The third-order valence-corrected chi connectivity index (χ3v) is 5.29. The van der Waals surface area contributed by atoms with Gasteiger partial charge in [0.25, 0.3) is 0 Å². The summed E-state index contributed by atoms with van der Waals surface area (Å²) in [6.45, 7) is 1.39. The van der Waals surface area contributed by atoms with Gasteiger partial charge >= 0.3 is 0 Å². The van der Waals surface area contributed by atoms with Crippen LogP contribution < -0.4 is 10.2 Å². The zero-order chi connectivity index (χ0) is 24.2. The number of phenolic OH excluding ortho intramolecular Hbond substituents is 5. The SMILES string of the molecule is CC1OC(Oc2c(-c3cc(O)c(O)c(O)c3)oc3cc(O)cc(O)c3c2=O)C(O)C(O)C1O.O.O. The third kappa shape index (κ3) is 4.61. The molecule has 1 saturated heterocycles. The molecule has 2 aromatic carbocycles. The molecule has 1 aromatic heterocycles. The zero-order valence-electron chi connectivity index (χ0n) is 17.9. The topological polar surface area (TPSA) is 274 Å². The van der Waals surface area contributed by atoms with Gasteiger partial charge in [-0.2, -0.15) is 0 Å². The van der Waals surface area contributed by atoms with Crippen LogP contribution in [-0.2, 0) is 4.74 Å². The lowest BCUT2D eigenvalue weighted by atomic mass is 10.00. The zero-order valence-corrected chi connectivity index (χ0v) is 17.9. The van der Waals surface area contributed by atoms with Gasteiger partial charge in [-0.3, -0.25) is 4.79 Å². The summed E-state index contributed by atoms with van der Waals surface area (Å²) in [6.07, 6.45) is -7.59. The van der Waals surface area contributed by atoms with E-state index in [0.717, 1.165) is 24.3 Å². The molecule has 14 heteroatoms. The van der Waals surface area contributed by atoms with Gasteiger partial charge in [0.2, 0.25) is 17.5 Å². The molecule has 5 unspecified atom stereocenters. The highest BCUT2D eigenvalue weighted by Crippen LogP contribution is 2.43. The van der Waals surface area contributed by atoms with E-state index in [0.29, 0.717) is 0 Å². The van der Waals surface area contributed by atoms with E-state index in [-0.39, 0.29) is 22.1 Å². The largest absolute Gasteiger partial charge is 0.508 e. The Hall–Kier alpha value is -3.79. The van der Waals surface area contributed by atoms with E-state index in [4.69, 9.17) is 13.9 Å². The number of benzene rings is 2. The quantitative estimate of drug-likeness (QED) is 0.192. The van der Waals surface area contributed by atoms with Crippen LogP contribution in [0.4, 0.5) is 0 Å². The van der Waals surface area contributed by atoms with Crippen LogP contribution in [0, 0.1) is 0 Å². The second kappa shape index (κ2) is 9.83. The standard InChI is InChI=1S/C21H20O12.2H2O/c1-6-14(26)17(29)18(30)21(31-6)33-20-16(28)13-9(23)4-8(22)5-12(13)32-19(20)7-2-10(24)15(27)11(25)3-7;;/h2-6,14,17-18,21-27,29-30H,1H3;2*1H2. The fourth-order valence-corrected chi connectivity index (χ4v) is 3.53. The number of aliphatic hydroxyl groups is 3. The van der Waals surface area contributed by atoms with E-state index in [2.05, 4.69) is 0 Å². The van der Waals surface area contributed by atoms with Crippen LogP contribution in [0.15, 0.2) is 33.5 Å². The highest BCUT2D eigenvalue weighted by molar-refractivity contribution is 5.88. The highest BCUT2D eigenvalue weighted by Gasteiger charge is 2.44. The van der Waals surface area contributed by atoms with Crippen molar-refractivity contribution in [3.05, 3.63) is 34.5 Å². The molecule has 5 atom stereocenters. The van der Waals surface area contributed by atoms with Gasteiger partial charge in [-0.15, -0.1) is 0 Å². The Bertz CT molecular complexity index is 1260. The number of fused-ring (bicyclic) bond motifs is 1. The Labute approximate surface area is 195 Å². The minimum atomic E-state index is -1.80. The molecule has 1 fully saturated rings. The van der Waals surface area contributed by atoms with Crippen LogP contribution >= 0.6 is 0 Å². The average Bonchev–Trinajstić information content (AvgIpc) is 2.74. The maximum absolute atomic E-state index is 13.2. The number of aromatic hydroxyl groups is 5. The van der Waals surface area contributed by atoms with Crippen molar-refractivity contribution in [1.29, 1.82) is 0 Å². The molecular formula is C21H24O14. The number of hydrogen-bond donors (Lipinski definition) is 8. The Morgan fingerprint density at radius 2 is 1.43 bits per heavy atom. The highest BCUT2D eigenvalue weighted by atomic mass is 16.7. The van der Waals surface area contributed by atoms with Crippen molar-refractivity contribution in [2.75, 3.05) is 0 Å². The molecule has 0 amide bonds. The van der Waals surface area contributed by atoms with E-state index in [1.165, 1.54) is 6.92 Å². The number of rotatable bonds is 3. The second-order valence-electron chi connectivity index (χ2n) is 7.59. The van der Waals surface area contributed by atoms with Crippen molar-refractivity contribution in [1.82, 2.24) is 0 Å². The summed E-state index contributed by atoms with van der Waals surface area (Å²) in [5, 5.41) is 79.1. The number of aliphatic hydroxyl groups excluding tert-OH is 3. The fourth-order valence-electron chi connectivity index (χ4n) is 3.53. The van der Waals surface area contributed by atoms with Crippen molar-refractivity contribution in [3.8, 4) is 45.8 Å². The third-order valence-electron chi connectivity index (χ3n) is 5.29. The maximum Gasteiger partial charge on any atom is 0.239 e. The lowest BCUT2D eigenvalue weighted by molar-refractivity contribution is -0.268. The molecule has 4 rings (SSSR count). The molecule has 3 aromatic rings. The van der Waals surface area contributed by atoms with E-state index in [1.807, 2.05) is 0 Å². The minimum Gasteiger partial charge on any atom is -0.508 e. The molecule has 0 radical (unpaired) electrons. The molecule has 35 heavy (non-hydrogen) atoms. The summed E-state index contributed by atoms with van der Waals surface area (Å²) in [6, 6.07) is 3.79. The molecule has 0 bridgehead atoms. The molecule has 1 aliphatic heterocycles. The van der Waals surface area contributed by atoms with Crippen molar-refractivity contribution in [2.24, 2.45) is 0 Å². The van der Waals surface area contributed by atoms with Crippen LogP contribution in [0.1, 0.15) is 6.92 Å². The van der Waals surface area contributed by atoms with Gasteiger partial charge in [0, 0.05) is 17.7 Å². The molecule has 14 nitrogen and oxygen atoms in total. The summed E-state index contributed by atoms with van der Waals surface area (Å²) in [5.41, 5.74) is -1.45. The van der Waals surface area contributed by atoms with Gasteiger partial charge in [-0.25, -0.2) is 0 Å². The van der Waals surface area contributed by atoms with Gasteiger partial charge in [0.1, 0.15) is 40.8 Å². The summed E-state index contributed by atoms with van der Waals surface area (Å²) in [7, 11) is 0. The molecule has 2 heterocycles. The minimum absolute atomic E-state index is 0. The first-order valence-corrected chi connectivity index (χ1v) is 9.64. The van der Waals surface area contributed by atoms with Crippen LogP contribution in [-0.4, -0.2) is 82.5 Å². The van der Waals surface area contributed by atoms with E-state index >= 15 is 0 Å². The summed E-state index contributed by atoms with van der Waals surface area (Å²) in [5.74, 6) is -4.55. The van der Waals surface area contributed by atoms with Crippen LogP contribution in [0.3, 0.4) is 0 Å². The first-order valence-electron chi connectivity index (χ1n) is 9.64. The molecule has 192 valence electrons. The first-order chi connectivity index (χ1) is 15.5. The van der Waals surface area contributed by atoms with Crippen molar-refractivity contribution in [2.45, 2.75) is 37.6 Å². The Balaban J connectivity index is 0.00000216. The monoisotopic (exact) mass is 500 g/mol. The van der Waals surface area contributed by atoms with Gasteiger partial charge in [-0.1, -0.05) is 0 Å².